The van der Waals surface area contributed by atoms with Crippen LogP contribution in [0.2, 0.25) is 0 Å². The molecule has 0 fully saturated rings. The van der Waals surface area contributed by atoms with Gasteiger partial charge in [0.2, 0.25) is 0 Å². The standard InChI is InChI=1S/C5H6N.2BrH.Rh/c1-5-2-3-6-4-5;;;/h2-3,6H,1H3;2*1H;/q-1;;;+3/p-2. The van der Waals surface area contributed by atoms with Gasteiger partial charge in [-0.05, 0) is 0 Å². The third-order valence-electron chi connectivity index (χ3n) is 0.686. The largest absolute Gasteiger partial charge is 3.00 e. The van der Waals surface area contributed by atoms with Crippen LogP contribution in [-0.4, -0.2) is 4.98 Å². The molecule has 0 aromatic carbocycles. The Morgan fingerprint density at radius 2 is 2.00 bits per heavy atom. The minimum absolute atomic E-state index is 0. The van der Waals surface area contributed by atoms with Crippen LogP contribution in [-0.2, 0) is 19.5 Å². The molecule has 0 saturated heterocycles. The van der Waals surface area contributed by atoms with Gasteiger partial charge in [0.25, 0.3) is 0 Å². The van der Waals surface area contributed by atoms with Crippen molar-refractivity contribution in [1.29, 1.82) is 0 Å². The van der Waals surface area contributed by atoms with Crippen LogP contribution in [0.5, 0.6) is 0 Å². The number of aromatic amines is 1. The van der Waals surface area contributed by atoms with Gasteiger partial charge in [-0.2, -0.15) is 17.8 Å². The van der Waals surface area contributed by atoms with Crippen molar-refractivity contribution in [2.24, 2.45) is 0 Å². The molecule has 0 radical (unpaired) electrons. The van der Waals surface area contributed by atoms with Gasteiger partial charge in [-0.25, -0.2) is 0 Å². The van der Waals surface area contributed by atoms with Crippen molar-refractivity contribution in [1.82, 2.24) is 4.98 Å². The van der Waals surface area contributed by atoms with Crippen molar-refractivity contribution < 1.29 is 53.4 Å². The molecule has 9 heavy (non-hydrogen) atoms. The summed E-state index contributed by atoms with van der Waals surface area (Å²) in [6.07, 6.45) is 4.73. The molecule has 1 aromatic rings. The summed E-state index contributed by atoms with van der Waals surface area (Å²) >= 11 is 0. The molecule has 1 aromatic heterocycles. The van der Waals surface area contributed by atoms with Crippen LogP contribution in [0, 0.1) is 13.1 Å². The first-order chi connectivity index (χ1) is 2.89. The van der Waals surface area contributed by atoms with E-state index in [1.165, 1.54) is 0 Å². The number of nitrogens with one attached hydrogen (secondary N) is 1. The maximum Gasteiger partial charge on any atom is 3.00 e. The van der Waals surface area contributed by atoms with Gasteiger partial charge in [0.1, 0.15) is 0 Å². The second-order valence-electron chi connectivity index (χ2n) is 1.29. The van der Waals surface area contributed by atoms with Gasteiger partial charge in [0.05, 0.1) is 0 Å². The molecule has 0 unspecified atom stereocenters. The fraction of sp³-hybridized carbons (Fsp3) is 0.200. The summed E-state index contributed by atoms with van der Waals surface area (Å²) in [4.78, 5) is 2.80. The first-order valence-corrected chi connectivity index (χ1v) is 1.91. The van der Waals surface area contributed by atoms with Gasteiger partial charge < -0.3 is 38.9 Å². The van der Waals surface area contributed by atoms with Crippen LogP contribution in [0.1, 0.15) is 5.56 Å². The van der Waals surface area contributed by atoms with Gasteiger partial charge in [-0.3, -0.25) is 0 Å². The number of rotatable bonds is 0. The summed E-state index contributed by atoms with van der Waals surface area (Å²) in [5.41, 5.74) is 1.16. The fourth-order valence-corrected chi connectivity index (χ4v) is 0.364. The van der Waals surface area contributed by atoms with E-state index in [1.807, 2.05) is 19.2 Å². The molecule has 0 bridgehead atoms. The maximum absolute atomic E-state index is 2.88. The summed E-state index contributed by atoms with van der Waals surface area (Å²) in [6, 6.07) is 1.97. The average molecular weight is 343 g/mol. The van der Waals surface area contributed by atoms with Gasteiger partial charge >= 0.3 is 19.5 Å². The average Bonchev–Trinajstić information content (AvgIpc) is 1.86. The molecular formula is C5H6Br2NRh. The molecule has 0 aliphatic heterocycles. The minimum atomic E-state index is 0. The second-order valence-corrected chi connectivity index (χ2v) is 1.29. The van der Waals surface area contributed by atoms with Crippen LogP contribution in [0.4, 0.5) is 0 Å². The summed E-state index contributed by atoms with van der Waals surface area (Å²) < 4.78 is 0. The third kappa shape index (κ3) is 6.75. The quantitative estimate of drug-likeness (QED) is 0.359. The normalized spacial score (nSPS) is 5.89. The fourth-order valence-electron chi connectivity index (χ4n) is 0.364. The Labute approximate surface area is 88.9 Å². The first-order valence-electron chi connectivity index (χ1n) is 1.91. The van der Waals surface area contributed by atoms with E-state index in [0.29, 0.717) is 0 Å². The van der Waals surface area contributed by atoms with E-state index in [1.54, 1.807) is 0 Å². The van der Waals surface area contributed by atoms with Crippen molar-refractivity contribution in [2.45, 2.75) is 6.92 Å². The molecule has 0 aliphatic rings. The van der Waals surface area contributed by atoms with Crippen molar-refractivity contribution in [3.63, 3.8) is 0 Å². The van der Waals surface area contributed by atoms with Gasteiger partial charge in [-0.15, -0.1) is 6.20 Å². The number of H-pyrrole nitrogens is 1. The number of hydrogen-bond donors (Lipinski definition) is 1. The first kappa shape index (κ1) is 16.4. The maximum atomic E-state index is 2.88. The van der Waals surface area contributed by atoms with Crippen LogP contribution in [0.25, 0.3) is 0 Å². The van der Waals surface area contributed by atoms with Gasteiger partial charge in [0, 0.05) is 0 Å². The van der Waals surface area contributed by atoms with Crippen LogP contribution in [0.15, 0.2) is 12.3 Å². The predicted octanol–water partition coefficient (Wildman–Crippen LogP) is -4.87. The van der Waals surface area contributed by atoms with Crippen LogP contribution < -0.4 is 34.0 Å². The molecule has 1 rings (SSSR count). The van der Waals surface area contributed by atoms with Crippen molar-refractivity contribution in [2.75, 3.05) is 0 Å². The van der Waals surface area contributed by atoms with Gasteiger partial charge in [0.15, 0.2) is 0 Å². The smallest absolute Gasteiger partial charge is 1.00 e. The van der Waals surface area contributed by atoms with Gasteiger partial charge in [-0.1, -0.05) is 6.92 Å². The molecule has 0 atom stereocenters. The van der Waals surface area contributed by atoms with E-state index in [9.17, 15) is 0 Å². The Balaban J connectivity index is -0.000000120. The van der Waals surface area contributed by atoms with E-state index in [4.69, 9.17) is 0 Å². The van der Waals surface area contributed by atoms with E-state index >= 15 is 0 Å². The number of halogens is 2. The molecule has 0 aliphatic carbocycles. The molecular weight excluding hydrogens is 337 g/mol. The van der Waals surface area contributed by atoms with Crippen LogP contribution in [0.3, 0.4) is 0 Å². The zero-order valence-electron chi connectivity index (χ0n) is 4.74. The Kier molecular flexibility index (Phi) is 16.2. The summed E-state index contributed by atoms with van der Waals surface area (Å²) in [5.74, 6) is 0. The monoisotopic (exact) mass is 341 g/mol. The zero-order chi connectivity index (χ0) is 4.41. The molecule has 54 valence electrons. The number of hydrogen-bond acceptors (Lipinski definition) is 0. The Morgan fingerprint density at radius 1 is 1.44 bits per heavy atom. The molecule has 1 nitrogen and oxygen atoms in total. The molecule has 4 heteroatoms. The Hall–Kier alpha value is 0.863. The summed E-state index contributed by atoms with van der Waals surface area (Å²) in [7, 11) is 0. The minimum Gasteiger partial charge on any atom is -1.00 e. The molecule has 0 spiro atoms. The summed E-state index contributed by atoms with van der Waals surface area (Å²) in [6.45, 7) is 2.00. The number of aryl methyl sites for hydroxylation is 1. The van der Waals surface area contributed by atoms with E-state index in [-0.39, 0.29) is 53.4 Å². The molecule has 1 N–H and O–H groups in total. The van der Waals surface area contributed by atoms with E-state index < -0.39 is 0 Å². The van der Waals surface area contributed by atoms with E-state index in [2.05, 4.69) is 11.2 Å². The third-order valence-corrected chi connectivity index (χ3v) is 0.686. The second kappa shape index (κ2) is 8.86. The van der Waals surface area contributed by atoms with Crippen molar-refractivity contribution in [3.05, 3.63) is 24.0 Å². The molecule has 1 heterocycles. The molecule has 0 amide bonds. The Morgan fingerprint density at radius 3 is 2.11 bits per heavy atom. The zero-order valence-corrected chi connectivity index (χ0v) is 9.55. The molecule has 0 saturated carbocycles. The van der Waals surface area contributed by atoms with Crippen molar-refractivity contribution in [3.8, 4) is 0 Å². The topological polar surface area (TPSA) is 15.8 Å². The SMILES string of the molecule is Cc1[c-][nH]cc1.[Br-].[Br-].[Rh+3]. The number of aromatic nitrogens is 1. The van der Waals surface area contributed by atoms with Crippen LogP contribution >= 0.6 is 0 Å². The summed E-state index contributed by atoms with van der Waals surface area (Å²) in [5, 5.41) is 0. The van der Waals surface area contributed by atoms with E-state index in [0.717, 1.165) is 5.56 Å². The predicted molar refractivity (Wildman–Crippen MR) is 24.4 cm³/mol. The Bertz CT molecular complexity index is 119. The van der Waals surface area contributed by atoms with Crippen molar-refractivity contribution >= 4 is 0 Å².